The number of ether oxygens (including phenoxy) is 1. The molecule has 2 aliphatic heterocycles. The van der Waals surface area contributed by atoms with Crippen LogP contribution >= 0.6 is 0 Å². The molecule has 3 atom stereocenters. The van der Waals surface area contributed by atoms with Crippen LogP contribution in [0.3, 0.4) is 0 Å². The first kappa shape index (κ1) is 24.9. The van der Waals surface area contributed by atoms with Gasteiger partial charge in [0.2, 0.25) is 17.7 Å². The zero-order valence-corrected chi connectivity index (χ0v) is 21.5. The lowest BCUT2D eigenvalue weighted by atomic mass is 9.85. The number of aryl methyl sites for hydroxylation is 3. The highest BCUT2D eigenvalue weighted by Crippen LogP contribution is 2.39. The van der Waals surface area contributed by atoms with E-state index in [1.54, 1.807) is 30.0 Å². The summed E-state index contributed by atoms with van der Waals surface area (Å²) in [5.41, 5.74) is 4.30. The summed E-state index contributed by atoms with van der Waals surface area (Å²) in [6.07, 6.45) is 6.79. The van der Waals surface area contributed by atoms with Crippen LogP contribution in [-0.4, -0.2) is 30.2 Å². The molecule has 37 heavy (non-hydrogen) atoms. The molecule has 0 bridgehead atoms. The first-order valence-electron chi connectivity index (χ1n) is 13.1. The minimum absolute atomic E-state index is 0.0777. The highest BCUT2D eigenvalue weighted by molar-refractivity contribution is 6.22. The third kappa shape index (κ3) is 4.37. The van der Waals surface area contributed by atoms with E-state index in [4.69, 9.17) is 4.74 Å². The van der Waals surface area contributed by atoms with Crippen molar-refractivity contribution < 1.29 is 23.9 Å². The number of imide groups is 1. The van der Waals surface area contributed by atoms with Crippen molar-refractivity contribution >= 4 is 35.1 Å². The fourth-order valence-electron chi connectivity index (χ4n) is 5.82. The average Bonchev–Trinajstić information content (AvgIpc) is 3.41. The van der Waals surface area contributed by atoms with Crippen LogP contribution in [0, 0.1) is 24.7 Å². The van der Waals surface area contributed by atoms with Crippen LogP contribution in [0.25, 0.3) is 0 Å². The second kappa shape index (κ2) is 9.96. The smallest absolute Gasteiger partial charge is 0.316 e. The molecule has 2 saturated heterocycles. The molecule has 2 fully saturated rings. The average molecular weight is 501 g/mol. The van der Waals surface area contributed by atoms with E-state index in [0.29, 0.717) is 29.8 Å². The number of rotatable bonds is 6. The van der Waals surface area contributed by atoms with E-state index in [0.717, 1.165) is 29.7 Å². The molecule has 1 aliphatic carbocycles. The first-order chi connectivity index (χ1) is 17.8. The van der Waals surface area contributed by atoms with Gasteiger partial charge in [-0.05, 0) is 67.5 Å². The van der Waals surface area contributed by atoms with Crippen molar-refractivity contribution in [3.63, 3.8) is 0 Å². The molecular weight excluding hydrogens is 468 g/mol. The van der Waals surface area contributed by atoms with E-state index >= 15 is 0 Å². The van der Waals surface area contributed by atoms with Crippen LogP contribution in [0.4, 0.5) is 11.4 Å². The third-order valence-electron chi connectivity index (χ3n) is 7.83. The van der Waals surface area contributed by atoms with Gasteiger partial charge in [-0.25, -0.2) is 4.90 Å². The first-order valence-corrected chi connectivity index (χ1v) is 13.1. The maximum absolute atomic E-state index is 13.0. The lowest BCUT2D eigenvalue weighted by molar-refractivity contribution is -0.139. The zero-order chi connectivity index (χ0) is 26.3. The van der Waals surface area contributed by atoms with Crippen LogP contribution in [0.15, 0.2) is 48.6 Å². The summed E-state index contributed by atoms with van der Waals surface area (Å²) < 4.78 is 5.67. The zero-order valence-electron chi connectivity index (χ0n) is 21.5. The minimum atomic E-state index is -0.570. The number of allylic oxidation sites excluding steroid dienone is 2. The number of hydrogen-bond acceptors (Lipinski definition) is 5. The van der Waals surface area contributed by atoms with Gasteiger partial charge in [-0.2, -0.15) is 0 Å². The second-order valence-electron chi connectivity index (χ2n) is 10.1. The van der Waals surface area contributed by atoms with Crippen LogP contribution in [0.1, 0.15) is 49.8 Å². The summed E-state index contributed by atoms with van der Waals surface area (Å²) in [7, 11) is 0. The van der Waals surface area contributed by atoms with E-state index < -0.39 is 11.9 Å². The van der Waals surface area contributed by atoms with Crippen LogP contribution in [0.5, 0.6) is 5.75 Å². The molecule has 0 unspecified atom stereocenters. The molecule has 192 valence electrons. The van der Waals surface area contributed by atoms with Crippen LogP contribution < -0.4 is 14.5 Å². The molecule has 3 aliphatic rings. The summed E-state index contributed by atoms with van der Waals surface area (Å²) in [6, 6.07) is 11.0. The van der Waals surface area contributed by atoms with Gasteiger partial charge in [0.05, 0.1) is 23.4 Å². The molecule has 0 N–H and O–H groups in total. The van der Waals surface area contributed by atoms with E-state index in [1.807, 2.05) is 30.4 Å². The Hall–Kier alpha value is -3.74. The summed E-state index contributed by atoms with van der Waals surface area (Å²) in [4.78, 5) is 54.9. The number of carbonyl (C=O) groups excluding carboxylic acids is 4. The minimum Gasteiger partial charge on any atom is -0.426 e. The molecule has 0 spiro atoms. The van der Waals surface area contributed by atoms with Gasteiger partial charge in [0.15, 0.2) is 0 Å². The molecule has 0 radical (unpaired) electrons. The van der Waals surface area contributed by atoms with E-state index in [9.17, 15) is 19.2 Å². The highest BCUT2D eigenvalue weighted by atomic mass is 16.5. The van der Waals surface area contributed by atoms with Gasteiger partial charge >= 0.3 is 5.97 Å². The van der Waals surface area contributed by atoms with E-state index in [2.05, 4.69) is 13.8 Å². The number of para-hydroxylation sites is 1. The lowest BCUT2D eigenvalue weighted by Gasteiger charge is -2.23. The van der Waals surface area contributed by atoms with Crippen molar-refractivity contribution in [3.05, 3.63) is 65.2 Å². The highest BCUT2D eigenvalue weighted by Gasteiger charge is 2.48. The molecule has 0 aromatic heterocycles. The number of benzene rings is 2. The fourth-order valence-corrected chi connectivity index (χ4v) is 5.82. The Bertz CT molecular complexity index is 1260. The SMILES string of the molecule is CCc1cccc(CC)c1N1C[C@H](C(=O)Oc2ccc(N3C(=O)[C@@H]4CC=CC[C@H]4C3=O)c(C)c2)CC1=O. The number of hydrogen-bond donors (Lipinski definition) is 0. The number of esters is 1. The Morgan fingerprint density at radius 1 is 0.946 bits per heavy atom. The maximum atomic E-state index is 13.0. The van der Waals surface area contributed by atoms with Gasteiger partial charge in [0, 0.05) is 18.7 Å². The van der Waals surface area contributed by atoms with Gasteiger partial charge in [0.25, 0.3) is 0 Å². The van der Waals surface area contributed by atoms with Crippen molar-refractivity contribution in [2.75, 3.05) is 16.3 Å². The molecule has 2 aromatic carbocycles. The molecule has 3 amide bonds. The predicted molar refractivity (Wildman–Crippen MR) is 140 cm³/mol. The van der Waals surface area contributed by atoms with Crippen LogP contribution in [0.2, 0.25) is 0 Å². The predicted octanol–water partition coefficient (Wildman–Crippen LogP) is 4.53. The van der Waals surface area contributed by atoms with E-state index in [1.165, 1.54) is 4.90 Å². The van der Waals surface area contributed by atoms with Gasteiger partial charge < -0.3 is 9.64 Å². The summed E-state index contributed by atoms with van der Waals surface area (Å²) >= 11 is 0. The fraction of sp³-hybridized carbons (Fsp3) is 0.400. The van der Waals surface area contributed by atoms with Crippen molar-refractivity contribution in [3.8, 4) is 5.75 Å². The van der Waals surface area contributed by atoms with Crippen molar-refractivity contribution in [1.82, 2.24) is 0 Å². The molecule has 7 heteroatoms. The number of nitrogens with zero attached hydrogens (tertiary/aromatic N) is 2. The Labute approximate surface area is 217 Å². The Balaban J connectivity index is 1.30. The Morgan fingerprint density at radius 3 is 2.14 bits per heavy atom. The monoisotopic (exact) mass is 500 g/mol. The topological polar surface area (TPSA) is 84.0 Å². The molecule has 7 nitrogen and oxygen atoms in total. The lowest BCUT2D eigenvalue weighted by Crippen LogP contribution is -2.31. The van der Waals surface area contributed by atoms with Crippen molar-refractivity contribution in [2.24, 2.45) is 17.8 Å². The largest absolute Gasteiger partial charge is 0.426 e. The molecule has 5 rings (SSSR count). The normalized spacial score (nSPS) is 23.1. The van der Waals surface area contributed by atoms with Gasteiger partial charge in [-0.3, -0.25) is 19.2 Å². The molecule has 2 heterocycles. The van der Waals surface area contributed by atoms with Gasteiger partial charge in [-0.1, -0.05) is 44.2 Å². The van der Waals surface area contributed by atoms with Gasteiger partial charge in [-0.15, -0.1) is 0 Å². The van der Waals surface area contributed by atoms with Gasteiger partial charge in [0.1, 0.15) is 5.75 Å². The number of fused-ring (bicyclic) bond motifs is 1. The molecule has 2 aromatic rings. The summed E-state index contributed by atoms with van der Waals surface area (Å²) in [5, 5.41) is 0. The van der Waals surface area contributed by atoms with Crippen molar-refractivity contribution in [2.45, 2.75) is 52.9 Å². The number of carbonyl (C=O) groups is 4. The van der Waals surface area contributed by atoms with Crippen LogP contribution in [-0.2, 0) is 32.0 Å². The Kier molecular flexibility index (Phi) is 6.71. The van der Waals surface area contributed by atoms with E-state index in [-0.39, 0.29) is 42.5 Å². The summed E-state index contributed by atoms with van der Waals surface area (Å²) in [6.45, 7) is 6.20. The number of anilines is 2. The molecular formula is C30H32N2O5. The molecule has 0 saturated carbocycles. The summed E-state index contributed by atoms with van der Waals surface area (Å²) in [5.74, 6) is -1.72. The third-order valence-corrected chi connectivity index (χ3v) is 7.83. The second-order valence-corrected chi connectivity index (χ2v) is 10.1. The standard InChI is InChI=1S/C30H32N2O5/c1-4-19-9-8-10-20(5-2)27(19)31-17-21(16-26(31)33)30(36)37-22-13-14-25(18(3)15-22)32-28(34)23-11-6-7-12-24(23)29(32)35/h6-10,13-15,21,23-24H,4-5,11-12,16-17H2,1-3H3/t21-,23-,24-/m1/s1. The Morgan fingerprint density at radius 2 is 1.57 bits per heavy atom. The van der Waals surface area contributed by atoms with Crippen molar-refractivity contribution in [1.29, 1.82) is 0 Å². The maximum Gasteiger partial charge on any atom is 0.316 e. The number of amides is 3. The quantitative estimate of drug-likeness (QED) is 0.252.